The summed E-state index contributed by atoms with van der Waals surface area (Å²) >= 11 is 0. The van der Waals surface area contributed by atoms with Crippen LogP contribution in [0, 0.1) is 0 Å². The van der Waals surface area contributed by atoms with Gasteiger partial charge in [0.15, 0.2) is 0 Å². The van der Waals surface area contributed by atoms with Crippen molar-refractivity contribution in [2.75, 3.05) is 18.0 Å². The van der Waals surface area contributed by atoms with E-state index < -0.39 is 0 Å². The van der Waals surface area contributed by atoms with Crippen LogP contribution in [0.5, 0.6) is 0 Å². The van der Waals surface area contributed by atoms with Crippen molar-refractivity contribution in [2.45, 2.75) is 70.4 Å². The molecule has 3 rings (SSSR count). The number of hydrogen-bond donors (Lipinski definition) is 1. The third-order valence-electron chi connectivity index (χ3n) is 4.78. The summed E-state index contributed by atoms with van der Waals surface area (Å²) in [6.45, 7) is 3.13. The third-order valence-corrected chi connectivity index (χ3v) is 4.78. The molecule has 0 spiro atoms. The summed E-state index contributed by atoms with van der Waals surface area (Å²) in [7, 11) is 0. The van der Waals surface area contributed by atoms with Crippen LogP contribution in [0.4, 0.5) is 5.95 Å². The SMILES string of the molecule is c1nc(N2CCCC2)ncc1CNC1CCCCCCC1. The van der Waals surface area contributed by atoms with Gasteiger partial charge < -0.3 is 10.2 Å². The van der Waals surface area contributed by atoms with E-state index in [2.05, 4.69) is 20.2 Å². The van der Waals surface area contributed by atoms with Crippen molar-refractivity contribution in [1.82, 2.24) is 15.3 Å². The molecule has 0 atom stereocenters. The highest BCUT2D eigenvalue weighted by Gasteiger charge is 2.15. The van der Waals surface area contributed by atoms with Crippen LogP contribution < -0.4 is 10.2 Å². The number of hydrogen-bond acceptors (Lipinski definition) is 4. The molecule has 1 aliphatic heterocycles. The van der Waals surface area contributed by atoms with E-state index >= 15 is 0 Å². The molecule has 2 heterocycles. The average molecular weight is 288 g/mol. The molecule has 0 bridgehead atoms. The first-order chi connectivity index (χ1) is 10.4. The molecule has 1 N–H and O–H groups in total. The van der Waals surface area contributed by atoms with Gasteiger partial charge in [0.25, 0.3) is 0 Å². The molecule has 0 unspecified atom stereocenters. The van der Waals surface area contributed by atoms with Crippen LogP contribution in [0.2, 0.25) is 0 Å². The molecule has 1 aromatic rings. The summed E-state index contributed by atoms with van der Waals surface area (Å²) in [5, 5.41) is 3.70. The quantitative estimate of drug-likeness (QED) is 0.923. The summed E-state index contributed by atoms with van der Waals surface area (Å²) in [6, 6.07) is 0.684. The monoisotopic (exact) mass is 288 g/mol. The van der Waals surface area contributed by atoms with Crippen LogP contribution in [-0.4, -0.2) is 29.1 Å². The predicted molar refractivity (Wildman–Crippen MR) is 86.4 cm³/mol. The lowest BCUT2D eigenvalue weighted by Crippen LogP contribution is -2.29. The Labute approximate surface area is 128 Å². The maximum absolute atomic E-state index is 4.53. The Hall–Kier alpha value is -1.16. The highest BCUT2D eigenvalue weighted by Crippen LogP contribution is 2.18. The summed E-state index contributed by atoms with van der Waals surface area (Å²) in [5.74, 6) is 0.905. The van der Waals surface area contributed by atoms with E-state index in [-0.39, 0.29) is 0 Å². The van der Waals surface area contributed by atoms with Gasteiger partial charge in [0.05, 0.1) is 0 Å². The summed E-state index contributed by atoms with van der Waals surface area (Å²) in [4.78, 5) is 11.3. The molecule has 1 aliphatic carbocycles. The molecule has 2 aliphatic rings. The lowest BCUT2D eigenvalue weighted by atomic mass is 9.96. The van der Waals surface area contributed by atoms with Crippen LogP contribution in [-0.2, 0) is 6.54 Å². The Morgan fingerprint density at radius 3 is 2.19 bits per heavy atom. The van der Waals surface area contributed by atoms with E-state index in [0.29, 0.717) is 6.04 Å². The van der Waals surface area contributed by atoms with Gasteiger partial charge in [-0.25, -0.2) is 9.97 Å². The topological polar surface area (TPSA) is 41.1 Å². The smallest absolute Gasteiger partial charge is 0.225 e. The van der Waals surface area contributed by atoms with Crippen molar-refractivity contribution in [1.29, 1.82) is 0 Å². The fourth-order valence-corrected chi connectivity index (χ4v) is 3.44. The molecule has 4 nitrogen and oxygen atoms in total. The van der Waals surface area contributed by atoms with Gasteiger partial charge in [-0.2, -0.15) is 0 Å². The second kappa shape index (κ2) is 7.74. The molecule has 0 amide bonds. The zero-order chi connectivity index (χ0) is 14.3. The van der Waals surface area contributed by atoms with Gasteiger partial charge in [-0.05, 0) is 25.7 Å². The number of rotatable bonds is 4. The first-order valence-electron chi connectivity index (χ1n) is 8.71. The average Bonchev–Trinajstić information content (AvgIpc) is 3.01. The summed E-state index contributed by atoms with van der Waals surface area (Å²) < 4.78 is 0. The van der Waals surface area contributed by atoms with E-state index in [1.165, 1.54) is 63.4 Å². The normalized spacial score (nSPS) is 21.2. The highest BCUT2D eigenvalue weighted by molar-refractivity contribution is 5.30. The molecule has 116 valence electrons. The highest BCUT2D eigenvalue weighted by atomic mass is 15.3. The lowest BCUT2D eigenvalue weighted by Gasteiger charge is -2.21. The molecule has 2 fully saturated rings. The van der Waals surface area contributed by atoms with E-state index in [9.17, 15) is 0 Å². The van der Waals surface area contributed by atoms with Crippen LogP contribution >= 0.6 is 0 Å². The minimum atomic E-state index is 0.684. The molecule has 1 aromatic heterocycles. The van der Waals surface area contributed by atoms with Crippen molar-refractivity contribution in [3.05, 3.63) is 18.0 Å². The Balaban J connectivity index is 1.48. The summed E-state index contributed by atoms with van der Waals surface area (Å²) in [5.41, 5.74) is 1.21. The van der Waals surface area contributed by atoms with Crippen LogP contribution in [0.3, 0.4) is 0 Å². The van der Waals surface area contributed by atoms with Crippen LogP contribution in [0.15, 0.2) is 12.4 Å². The maximum Gasteiger partial charge on any atom is 0.225 e. The fraction of sp³-hybridized carbons (Fsp3) is 0.765. The van der Waals surface area contributed by atoms with Gasteiger partial charge >= 0.3 is 0 Å². The molecule has 4 heteroatoms. The van der Waals surface area contributed by atoms with Gasteiger partial charge in [-0.1, -0.05) is 32.1 Å². The number of aromatic nitrogens is 2. The van der Waals surface area contributed by atoms with Crippen LogP contribution in [0.1, 0.15) is 63.4 Å². The predicted octanol–water partition coefficient (Wildman–Crippen LogP) is 3.28. The minimum Gasteiger partial charge on any atom is -0.341 e. The van der Waals surface area contributed by atoms with E-state index in [1.54, 1.807) is 0 Å². The third kappa shape index (κ3) is 4.40. The lowest BCUT2D eigenvalue weighted by molar-refractivity contribution is 0.388. The molecular formula is C17H28N4. The molecule has 0 radical (unpaired) electrons. The zero-order valence-electron chi connectivity index (χ0n) is 13.1. The van der Waals surface area contributed by atoms with Gasteiger partial charge in [0, 0.05) is 43.6 Å². The van der Waals surface area contributed by atoms with Crippen molar-refractivity contribution in [3.63, 3.8) is 0 Å². The van der Waals surface area contributed by atoms with Gasteiger partial charge in [0.2, 0.25) is 5.95 Å². The van der Waals surface area contributed by atoms with Crippen molar-refractivity contribution in [2.24, 2.45) is 0 Å². The Bertz CT molecular complexity index is 403. The van der Waals surface area contributed by atoms with Gasteiger partial charge in [0.1, 0.15) is 0 Å². The number of nitrogens with one attached hydrogen (secondary N) is 1. The molecule has 21 heavy (non-hydrogen) atoms. The molecule has 0 aromatic carbocycles. The first kappa shape index (κ1) is 14.8. The van der Waals surface area contributed by atoms with Gasteiger partial charge in [-0.3, -0.25) is 0 Å². The summed E-state index contributed by atoms with van der Waals surface area (Å²) in [6.07, 6.45) is 16.2. The standard InChI is InChI=1S/C17H28N4/c1-2-4-8-16(9-5-3-1)18-12-15-13-19-17(20-14-15)21-10-6-7-11-21/h13-14,16,18H,1-12H2. The zero-order valence-corrected chi connectivity index (χ0v) is 13.1. The van der Waals surface area contributed by atoms with Gasteiger partial charge in [-0.15, -0.1) is 0 Å². The molecule has 1 saturated heterocycles. The number of anilines is 1. The number of nitrogens with zero attached hydrogens (tertiary/aromatic N) is 3. The second-order valence-electron chi connectivity index (χ2n) is 6.51. The molecule has 1 saturated carbocycles. The molecular weight excluding hydrogens is 260 g/mol. The van der Waals surface area contributed by atoms with Crippen LogP contribution in [0.25, 0.3) is 0 Å². The van der Waals surface area contributed by atoms with Crippen molar-refractivity contribution < 1.29 is 0 Å². The minimum absolute atomic E-state index is 0.684. The first-order valence-corrected chi connectivity index (χ1v) is 8.71. The van der Waals surface area contributed by atoms with E-state index in [0.717, 1.165) is 25.6 Å². The fourth-order valence-electron chi connectivity index (χ4n) is 3.44. The van der Waals surface area contributed by atoms with Crippen molar-refractivity contribution in [3.8, 4) is 0 Å². The maximum atomic E-state index is 4.53. The van der Waals surface area contributed by atoms with E-state index in [4.69, 9.17) is 0 Å². The largest absolute Gasteiger partial charge is 0.341 e. The Morgan fingerprint density at radius 1 is 0.905 bits per heavy atom. The Morgan fingerprint density at radius 2 is 1.52 bits per heavy atom. The van der Waals surface area contributed by atoms with Crippen molar-refractivity contribution >= 4 is 5.95 Å². The second-order valence-corrected chi connectivity index (χ2v) is 6.51. The van der Waals surface area contributed by atoms with E-state index in [1.807, 2.05) is 12.4 Å². The Kier molecular flexibility index (Phi) is 5.44.